The van der Waals surface area contributed by atoms with Gasteiger partial charge in [0.15, 0.2) is 0 Å². The predicted octanol–water partition coefficient (Wildman–Crippen LogP) is 1.17. The summed E-state index contributed by atoms with van der Waals surface area (Å²) in [6.07, 6.45) is 0. The van der Waals surface area contributed by atoms with Crippen molar-refractivity contribution in [3.05, 3.63) is 12.5 Å². The molecule has 0 amide bonds. The van der Waals surface area contributed by atoms with Crippen LogP contribution in [0.15, 0.2) is 17.5 Å². The minimum atomic E-state index is -0.284. The van der Waals surface area contributed by atoms with Gasteiger partial charge in [-0.2, -0.15) is 4.99 Å². The first-order valence-electron chi connectivity index (χ1n) is 2.33. The summed E-state index contributed by atoms with van der Waals surface area (Å²) >= 11 is 5.47. The summed E-state index contributed by atoms with van der Waals surface area (Å²) in [5.74, 6) is -0.284. The smallest absolute Gasteiger partial charge is 0.205 e. The van der Waals surface area contributed by atoms with Crippen LogP contribution < -0.4 is 0 Å². The van der Waals surface area contributed by atoms with Crippen LogP contribution in [0, 0.1) is 0 Å². The minimum Gasteiger partial charge on any atom is -0.494 e. The number of aliphatic imine (C=N–C) groups is 1. The summed E-state index contributed by atoms with van der Waals surface area (Å²) in [4.78, 5) is 5.00. The number of hydrogen-bond acceptors (Lipinski definition) is 2. The molecule has 0 aliphatic carbocycles. The van der Waals surface area contributed by atoms with Gasteiger partial charge in [-0.15, -0.1) is 0 Å². The summed E-state index contributed by atoms with van der Waals surface area (Å²) in [6, 6.07) is 0. The Balaban J connectivity index is 4.00. The van der Waals surface area contributed by atoms with Gasteiger partial charge in [0.25, 0.3) is 0 Å². The molecule has 0 bridgehead atoms. The van der Waals surface area contributed by atoms with E-state index in [-0.39, 0.29) is 11.2 Å². The SMILES string of the molecule is C=C(O)/N=C(/Cl)N(C)C. The van der Waals surface area contributed by atoms with Crippen LogP contribution in [0.3, 0.4) is 0 Å². The minimum absolute atomic E-state index is 0.211. The van der Waals surface area contributed by atoms with E-state index in [0.717, 1.165) is 0 Å². The van der Waals surface area contributed by atoms with Crippen LogP contribution in [0.2, 0.25) is 0 Å². The number of halogens is 1. The molecule has 0 aromatic heterocycles. The molecule has 4 heteroatoms. The lowest BCUT2D eigenvalue weighted by molar-refractivity contribution is 0.408. The second-order valence-electron chi connectivity index (χ2n) is 1.69. The zero-order chi connectivity index (χ0) is 7.44. The highest BCUT2D eigenvalue weighted by Gasteiger charge is 1.94. The lowest BCUT2D eigenvalue weighted by Crippen LogP contribution is -2.15. The maximum absolute atomic E-state index is 8.48. The van der Waals surface area contributed by atoms with Gasteiger partial charge in [0, 0.05) is 14.1 Å². The molecule has 0 aromatic carbocycles. The summed E-state index contributed by atoms with van der Waals surface area (Å²) in [7, 11) is 3.43. The number of aliphatic hydroxyl groups is 1. The van der Waals surface area contributed by atoms with Crippen molar-refractivity contribution in [1.82, 2.24) is 4.90 Å². The monoisotopic (exact) mass is 148 g/mol. The molecule has 1 N–H and O–H groups in total. The highest BCUT2D eigenvalue weighted by Crippen LogP contribution is 1.93. The molecule has 0 aliphatic rings. The molecule has 52 valence electrons. The van der Waals surface area contributed by atoms with Gasteiger partial charge in [0.05, 0.1) is 0 Å². The van der Waals surface area contributed by atoms with Crippen molar-refractivity contribution < 1.29 is 5.11 Å². The first-order valence-corrected chi connectivity index (χ1v) is 2.71. The molecule has 0 rings (SSSR count). The molecule has 0 spiro atoms. The molecule has 0 heterocycles. The average Bonchev–Trinajstić information content (AvgIpc) is 1.63. The number of rotatable bonds is 1. The van der Waals surface area contributed by atoms with E-state index < -0.39 is 0 Å². The van der Waals surface area contributed by atoms with Crippen LogP contribution in [0.25, 0.3) is 0 Å². The molecule has 0 radical (unpaired) electrons. The van der Waals surface area contributed by atoms with Gasteiger partial charge in [-0.1, -0.05) is 0 Å². The Hall–Kier alpha value is -0.700. The van der Waals surface area contributed by atoms with Crippen molar-refractivity contribution in [1.29, 1.82) is 0 Å². The fourth-order valence-corrected chi connectivity index (χ4v) is 0.304. The van der Waals surface area contributed by atoms with Crippen molar-refractivity contribution >= 4 is 16.9 Å². The summed E-state index contributed by atoms with van der Waals surface area (Å²) in [5.41, 5.74) is 0. The third-order valence-corrected chi connectivity index (χ3v) is 1.01. The molecule has 9 heavy (non-hydrogen) atoms. The van der Waals surface area contributed by atoms with Crippen LogP contribution in [-0.2, 0) is 0 Å². The van der Waals surface area contributed by atoms with E-state index in [1.165, 1.54) is 0 Å². The Morgan fingerprint density at radius 2 is 2.11 bits per heavy atom. The molecule has 0 aliphatic heterocycles. The van der Waals surface area contributed by atoms with E-state index in [4.69, 9.17) is 16.7 Å². The molecular formula is C5H9ClN2O. The van der Waals surface area contributed by atoms with E-state index >= 15 is 0 Å². The van der Waals surface area contributed by atoms with Gasteiger partial charge in [-0.3, -0.25) is 0 Å². The lowest BCUT2D eigenvalue weighted by Gasteiger charge is -2.06. The molecular weight excluding hydrogens is 140 g/mol. The molecule has 3 nitrogen and oxygen atoms in total. The Labute approximate surface area is 59.3 Å². The first-order chi connectivity index (χ1) is 4.04. The van der Waals surface area contributed by atoms with Gasteiger partial charge in [0.1, 0.15) is 0 Å². The van der Waals surface area contributed by atoms with Crippen LogP contribution in [0.1, 0.15) is 0 Å². The average molecular weight is 149 g/mol. The summed E-state index contributed by atoms with van der Waals surface area (Å²) in [5, 5.41) is 8.69. The van der Waals surface area contributed by atoms with E-state index in [1.54, 1.807) is 19.0 Å². The molecule has 0 saturated heterocycles. The third-order valence-electron chi connectivity index (χ3n) is 0.590. The molecule has 0 aromatic rings. The van der Waals surface area contributed by atoms with Gasteiger partial charge < -0.3 is 10.0 Å². The van der Waals surface area contributed by atoms with E-state index in [2.05, 4.69) is 11.6 Å². The standard InChI is InChI=1S/C5H9ClN2O/c1-4(9)7-5(6)8(2)3/h9H,1H2,2-3H3/b7-5-. The fraction of sp³-hybridized carbons (Fsp3) is 0.400. The van der Waals surface area contributed by atoms with Crippen LogP contribution in [0.4, 0.5) is 0 Å². The quantitative estimate of drug-likeness (QED) is 0.262. The Morgan fingerprint density at radius 1 is 1.67 bits per heavy atom. The first kappa shape index (κ1) is 8.30. The van der Waals surface area contributed by atoms with Crippen LogP contribution in [0.5, 0.6) is 0 Å². The maximum Gasteiger partial charge on any atom is 0.205 e. The maximum atomic E-state index is 8.48. The largest absolute Gasteiger partial charge is 0.494 e. The molecule has 0 unspecified atom stereocenters. The van der Waals surface area contributed by atoms with E-state index in [0.29, 0.717) is 0 Å². The van der Waals surface area contributed by atoms with Gasteiger partial charge in [-0.25, -0.2) is 0 Å². The van der Waals surface area contributed by atoms with Gasteiger partial charge in [-0.05, 0) is 18.2 Å². The highest BCUT2D eigenvalue weighted by atomic mass is 35.5. The van der Waals surface area contributed by atoms with Crippen molar-refractivity contribution in [2.75, 3.05) is 14.1 Å². The summed E-state index contributed by atoms with van der Waals surface area (Å²) < 4.78 is 0. The highest BCUT2D eigenvalue weighted by molar-refractivity contribution is 6.64. The molecule has 0 saturated carbocycles. The zero-order valence-corrected chi connectivity index (χ0v) is 6.18. The second kappa shape index (κ2) is 3.35. The summed E-state index contributed by atoms with van der Waals surface area (Å²) in [6.45, 7) is 3.13. The number of hydrogen-bond donors (Lipinski definition) is 1. The van der Waals surface area contributed by atoms with Gasteiger partial charge >= 0.3 is 0 Å². The number of nitrogens with zero attached hydrogens (tertiary/aromatic N) is 2. The third kappa shape index (κ3) is 3.85. The van der Waals surface area contributed by atoms with Crippen molar-refractivity contribution in [3.8, 4) is 0 Å². The lowest BCUT2D eigenvalue weighted by atomic mass is 10.9. The Kier molecular flexibility index (Phi) is 3.09. The van der Waals surface area contributed by atoms with Crippen molar-refractivity contribution in [3.63, 3.8) is 0 Å². The van der Waals surface area contributed by atoms with Crippen molar-refractivity contribution in [2.45, 2.75) is 0 Å². The Bertz CT molecular complexity index is 142. The fourth-order valence-electron chi connectivity index (χ4n) is 0.206. The normalized spacial score (nSPS) is 11.2. The zero-order valence-electron chi connectivity index (χ0n) is 5.43. The van der Waals surface area contributed by atoms with E-state index in [1.807, 2.05) is 0 Å². The van der Waals surface area contributed by atoms with Crippen molar-refractivity contribution in [2.24, 2.45) is 4.99 Å². The van der Waals surface area contributed by atoms with Gasteiger partial charge in [0.2, 0.25) is 11.2 Å². The number of aliphatic hydroxyl groups excluding tert-OH is 1. The predicted molar refractivity (Wildman–Crippen MR) is 38.7 cm³/mol. The molecule has 0 atom stereocenters. The number of amidine groups is 1. The Morgan fingerprint density at radius 3 is 2.22 bits per heavy atom. The topological polar surface area (TPSA) is 35.8 Å². The second-order valence-corrected chi connectivity index (χ2v) is 2.03. The van der Waals surface area contributed by atoms with Crippen LogP contribution in [-0.4, -0.2) is 29.4 Å². The van der Waals surface area contributed by atoms with E-state index in [9.17, 15) is 0 Å². The molecule has 0 fully saturated rings. The van der Waals surface area contributed by atoms with Crippen LogP contribution >= 0.6 is 11.6 Å².